The van der Waals surface area contributed by atoms with Gasteiger partial charge in [0.2, 0.25) is 0 Å². The molecule has 2 aromatic heterocycles. The Balaban J connectivity index is 1.37. The number of carbonyl (C=O) groups is 1. The van der Waals surface area contributed by atoms with E-state index in [4.69, 9.17) is 0 Å². The summed E-state index contributed by atoms with van der Waals surface area (Å²) in [5, 5.41) is 11.0. The van der Waals surface area contributed by atoms with Crippen molar-refractivity contribution in [1.29, 1.82) is 0 Å². The molecule has 4 rings (SSSR count). The van der Waals surface area contributed by atoms with Crippen molar-refractivity contribution >= 4 is 5.91 Å². The van der Waals surface area contributed by atoms with E-state index in [0.29, 0.717) is 18.3 Å². The van der Waals surface area contributed by atoms with Crippen LogP contribution < -0.4 is 10.6 Å². The Hall–Kier alpha value is -3.06. The molecule has 0 saturated carbocycles. The molecular formula is C23H26FN5O. The van der Waals surface area contributed by atoms with E-state index in [9.17, 15) is 9.18 Å². The van der Waals surface area contributed by atoms with Gasteiger partial charge in [-0.15, -0.1) is 0 Å². The zero-order valence-electron chi connectivity index (χ0n) is 17.1. The van der Waals surface area contributed by atoms with Gasteiger partial charge >= 0.3 is 0 Å². The Labute approximate surface area is 175 Å². The van der Waals surface area contributed by atoms with Crippen molar-refractivity contribution < 1.29 is 9.18 Å². The summed E-state index contributed by atoms with van der Waals surface area (Å²) in [6, 6.07) is 12.4. The molecule has 0 saturated heterocycles. The fourth-order valence-corrected chi connectivity index (χ4v) is 3.96. The lowest BCUT2D eigenvalue weighted by molar-refractivity contribution is 0.0944. The first kappa shape index (κ1) is 20.2. The van der Waals surface area contributed by atoms with Gasteiger partial charge in [-0.3, -0.25) is 14.5 Å². The Kier molecular flexibility index (Phi) is 6.18. The smallest absolute Gasteiger partial charge is 0.272 e. The molecule has 0 aliphatic heterocycles. The first-order chi connectivity index (χ1) is 14.6. The molecule has 30 heavy (non-hydrogen) atoms. The minimum atomic E-state index is -0.287. The number of pyridine rings is 1. The van der Waals surface area contributed by atoms with Crippen molar-refractivity contribution in [1.82, 2.24) is 25.4 Å². The third-order valence-electron chi connectivity index (χ3n) is 5.58. The molecule has 3 aromatic rings. The Bertz CT molecular complexity index is 1000. The summed E-state index contributed by atoms with van der Waals surface area (Å²) in [7, 11) is 1.89. The summed E-state index contributed by atoms with van der Waals surface area (Å²) in [6.45, 7) is 1.19. The SMILES string of the molecule is Cn1nc(C(=O)NCc2ccc(F)cc2)c2c1CC[C@H](NCCc1ccccn1)C2. The van der Waals surface area contributed by atoms with E-state index in [1.54, 1.807) is 12.1 Å². The number of nitrogens with zero attached hydrogens (tertiary/aromatic N) is 3. The summed E-state index contributed by atoms with van der Waals surface area (Å²) >= 11 is 0. The maximum Gasteiger partial charge on any atom is 0.272 e. The first-order valence-corrected chi connectivity index (χ1v) is 10.3. The third kappa shape index (κ3) is 4.74. The van der Waals surface area contributed by atoms with E-state index in [2.05, 4.69) is 20.7 Å². The number of halogens is 1. The second-order valence-electron chi connectivity index (χ2n) is 7.67. The van der Waals surface area contributed by atoms with Crippen molar-refractivity contribution in [3.63, 3.8) is 0 Å². The second-order valence-corrected chi connectivity index (χ2v) is 7.67. The molecule has 1 aliphatic rings. The minimum absolute atomic E-state index is 0.190. The number of rotatable bonds is 7. The lowest BCUT2D eigenvalue weighted by atomic mass is 9.91. The second kappa shape index (κ2) is 9.17. The highest BCUT2D eigenvalue weighted by Crippen LogP contribution is 2.24. The average Bonchev–Trinajstić information content (AvgIpc) is 3.10. The maximum absolute atomic E-state index is 13.1. The molecule has 1 aliphatic carbocycles. The standard InChI is InChI=1S/C23H26FN5O/c1-29-21-10-9-19(26-13-11-18-4-2-3-12-25-18)14-20(21)22(28-29)23(30)27-15-16-5-7-17(24)8-6-16/h2-8,12,19,26H,9-11,13-15H2,1H3,(H,27,30)/t19-/m0/s1. The molecule has 1 atom stereocenters. The predicted octanol–water partition coefficient (Wildman–Crippen LogP) is 2.57. The first-order valence-electron chi connectivity index (χ1n) is 10.3. The van der Waals surface area contributed by atoms with Crippen molar-refractivity contribution in [2.24, 2.45) is 7.05 Å². The molecule has 0 spiro atoms. The van der Waals surface area contributed by atoms with E-state index in [-0.39, 0.29) is 11.7 Å². The van der Waals surface area contributed by atoms with E-state index < -0.39 is 0 Å². The van der Waals surface area contributed by atoms with Gasteiger partial charge in [0.1, 0.15) is 5.82 Å². The molecule has 0 fully saturated rings. The number of hydrogen-bond donors (Lipinski definition) is 2. The van der Waals surface area contributed by atoms with Crippen LogP contribution in [0.15, 0.2) is 48.7 Å². The zero-order chi connectivity index (χ0) is 20.9. The van der Waals surface area contributed by atoms with Crippen molar-refractivity contribution in [2.45, 2.75) is 38.3 Å². The van der Waals surface area contributed by atoms with Crippen LogP contribution in [0, 0.1) is 5.82 Å². The van der Waals surface area contributed by atoms with Gasteiger partial charge in [-0.1, -0.05) is 18.2 Å². The molecule has 156 valence electrons. The summed E-state index contributed by atoms with van der Waals surface area (Å²) < 4.78 is 14.9. The van der Waals surface area contributed by atoms with Gasteiger partial charge < -0.3 is 10.6 Å². The van der Waals surface area contributed by atoms with Crippen LogP contribution in [-0.4, -0.2) is 33.3 Å². The average molecular weight is 407 g/mol. The highest BCUT2D eigenvalue weighted by Gasteiger charge is 2.28. The van der Waals surface area contributed by atoms with Crippen molar-refractivity contribution in [3.8, 4) is 0 Å². The van der Waals surface area contributed by atoms with Gasteiger partial charge in [0.25, 0.3) is 5.91 Å². The van der Waals surface area contributed by atoms with Crippen LogP contribution in [-0.2, 0) is 32.9 Å². The quantitative estimate of drug-likeness (QED) is 0.632. The molecule has 6 nitrogen and oxygen atoms in total. The largest absolute Gasteiger partial charge is 0.347 e. The topological polar surface area (TPSA) is 71.8 Å². The van der Waals surface area contributed by atoms with Crippen LogP contribution in [0.3, 0.4) is 0 Å². The van der Waals surface area contributed by atoms with Crippen molar-refractivity contribution in [2.75, 3.05) is 6.54 Å². The molecule has 2 heterocycles. The number of aryl methyl sites for hydroxylation is 1. The molecule has 0 radical (unpaired) electrons. The fraction of sp³-hybridized carbons (Fsp3) is 0.348. The molecule has 1 aromatic carbocycles. The highest BCUT2D eigenvalue weighted by molar-refractivity contribution is 5.94. The lowest BCUT2D eigenvalue weighted by Crippen LogP contribution is -2.36. The Morgan fingerprint density at radius 3 is 2.83 bits per heavy atom. The van der Waals surface area contributed by atoms with Crippen LogP contribution in [0.25, 0.3) is 0 Å². The van der Waals surface area contributed by atoms with E-state index in [0.717, 1.165) is 54.7 Å². The third-order valence-corrected chi connectivity index (χ3v) is 5.58. The highest BCUT2D eigenvalue weighted by atomic mass is 19.1. The van der Waals surface area contributed by atoms with E-state index in [1.807, 2.05) is 36.1 Å². The summed E-state index contributed by atoms with van der Waals surface area (Å²) in [4.78, 5) is 17.1. The van der Waals surface area contributed by atoms with Crippen LogP contribution in [0.4, 0.5) is 4.39 Å². The molecule has 0 unspecified atom stereocenters. The van der Waals surface area contributed by atoms with Gasteiger partial charge in [-0.2, -0.15) is 5.10 Å². The van der Waals surface area contributed by atoms with Gasteiger partial charge in [0, 0.05) is 55.7 Å². The maximum atomic E-state index is 13.1. The number of hydrogen-bond acceptors (Lipinski definition) is 4. The lowest BCUT2D eigenvalue weighted by Gasteiger charge is -2.24. The van der Waals surface area contributed by atoms with Gasteiger partial charge in [-0.25, -0.2) is 4.39 Å². The number of nitrogens with one attached hydrogen (secondary N) is 2. The van der Waals surface area contributed by atoms with Crippen LogP contribution in [0.2, 0.25) is 0 Å². The molecular weight excluding hydrogens is 381 g/mol. The summed E-state index contributed by atoms with van der Waals surface area (Å²) in [5.41, 5.74) is 4.57. The van der Waals surface area contributed by atoms with Gasteiger partial charge in [-0.05, 0) is 49.1 Å². The molecule has 0 bridgehead atoms. The Morgan fingerprint density at radius 2 is 2.07 bits per heavy atom. The number of carbonyl (C=O) groups excluding carboxylic acids is 1. The number of benzene rings is 1. The molecule has 2 N–H and O–H groups in total. The van der Waals surface area contributed by atoms with Gasteiger partial charge in [0.05, 0.1) is 0 Å². The summed E-state index contributed by atoms with van der Waals surface area (Å²) in [5.74, 6) is -0.476. The monoisotopic (exact) mass is 407 g/mol. The van der Waals surface area contributed by atoms with Gasteiger partial charge in [0.15, 0.2) is 5.69 Å². The number of aromatic nitrogens is 3. The van der Waals surface area contributed by atoms with Crippen LogP contribution in [0.5, 0.6) is 0 Å². The van der Waals surface area contributed by atoms with Crippen LogP contribution in [0.1, 0.15) is 39.4 Å². The summed E-state index contributed by atoms with van der Waals surface area (Å²) in [6.07, 6.45) is 5.39. The molecule has 1 amide bonds. The zero-order valence-corrected chi connectivity index (χ0v) is 17.1. The van der Waals surface area contributed by atoms with Crippen LogP contribution >= 0.6 is 0 Å². The normalized spacial score (nSPS) is 15.6. The van der Waals surface area contributed by atoms with Crippen molar-refractivity contribution in [3.05, 3.63) is 82.7 Å². The Morgan fingerprint density at radius 1 is 1.23 bits per heavy atom. The molecule has 7 heteroatoms. The number of fused-ring (bicyclic) bond motifs is 1. The number of amides is 1. The predicted molar refractivity (Wildman–Crippen MR) is 113 cm³/mol. The van der Waals surface area contributed by atoms with E-state index >= 15 is 0 Å². The minimum Gasteiger partial charge on any atom is -0.347 e. The fourth-order valence-electron chi connectivity index (χ4n) is 3.96. The van der Waals surface area contributed by atoms with E-state index in [1.165, 1.54) is 12.1 Å².